The molecule has 29 heavy (non-hydrogen) atoms. The van der Waals surface area contributed by atoms with Crippen molar-refractivity contribution in [3.05, 3.63) is 101 Å². The Morgan fingerprint density at radius 2 is 1.66 bits per heavy atom. The number of fused-ring (bicyclic) bond motifs is 1. The van der Waals surface area contributed by atoms with Gasteiger partial charge < -0.3 is 9.73 Å². The van der Waals surface area contributed by atoms with E-state index in [0.717, 1.165) is 30.3 Å². The minimum atomic E-state index is -0.117. The molecular formula is C25H24N2O2. The molecule has 4 aromatic rings. The quantitative estimate of drug-likeness (QED) is 0.482. The van der Waals surface area contributed by atoms with Crippen LogP contribution in [0.15, 0.2) is 77.2 Å². The maximum atomic E-state index is 12.5. The highest BCUT2D eigenvalue weighted by molar-refractivity contribution is 5.96. The van der Waals surface area contributed by atoms with Gasteiger partial charge in [0.1, 0.15) is 5.52 Å². The SMILES string of the molecule is CCc1ccc(CNC(=O)c2ccc3nc(CCc4ccccc4)oc3c2)cc1. The molecule has 3 aromatic carbocycles. The standard InChI is InChI=1S/C25H24N2O2/c1-2-18-8-10-20(11-9-18)17-26-25(28)21-13-14-22-23(16-21)29-24(27-22)15-12-19-6-4-3-5-7-19/h3-11,13-14,16H,2,12,15,17H2,1H3,(H,26,28). The monoisotopic (exact) mass is 384 g/mol. The molecule has 4 nitrogen and oxygen atoms in total. The number of amides is 1. The second kappa shape index (κ2) is 8.74. The molecule has 1 amide bonds. The lowest BCUT2D eigenvalue weighted by Crippen LogP contribution is -2.22. The molecule has 0 atom stereocenters. The molecule has 0 fully saturated rings. The van der Waals surface area contributed by atoms with E-state index in [9.17, 15) is 4.79 Å². The van der Waals surface area contributed by atoms with Crippen LogP contribution in [0.4, 0.5) is 0 Å². The van der Waals surface area contributed by atoms with E-state index in [1.54, 1.807) is 12.1 Å². The van der Waals surface area contributed by atoms with Gasteiger partial charge in [-0.3, -0.25) is 4.79 Å². The lowest BCUT2D eigenvalue weighted by Gasteiger charge is -2.06. The number of rotatable bonds is 7. The lowest BCUT2D eigenvalue weighted by atomic mass is 10.1. The minimum Gasteiger partial charge on any atom is -0.441 e. The van der Waals surface area contributed by atoms with Gasteiger partial charge >= 0.3 is 0 Å². The summed E-state index contributed by atoms with van der Waals surface area (Å²) in [7, 11) is 0. The van der Waals surface area contributed by atoms with Gasteiger partial charge in [-0.25, -0.2) is 4.98 Å². The Labute approximate surface area is 170 Å². The number of carbonyl (C=O) groups is 1. The van der Waals surface area contributed by atoms with Crippen molar-refractivity contribution in [2.24, 2.45) is 0 Å². The molecule has 0 saturated heterocycles. The Balaban J connectivity index is 1.40. The summed E-state index contributed by atoms with van der Waals surface area (Å²) in [5.74, 6) is 0.575. The number of nitrogens with one attached hydrogen (secondary N) is 1. The molecule has 4 rings (SSSR count). The van der Waals surface area contributed by atoms with Gasteiger partial charge in [-0.15, -0.1) is 0 Å². The van der Waals surface area contributed by atoms with E-state index < -0.39 is 0 Å². The highest BCUT2D eigenvalue weighted by Gasteiger charge is 2.11. The summed E-state index contributed by atoms with van der Waals surface area (Å²) in [5, 5.41) is 2.97. The first-order valence-electron chi connectivity index (χ1n) is 10.0. The van der Waals surface area contributed by atoms with Gasteiger partial charge in [0.05, 0.1) is 0 Å². The van der Waals surface area contributed by atoms with Crippen LogP contribution in [0.1, 0.15) is 39.9 Å². The van der Waals surface area contributed by atoms with Gasteiger partial charge in [0, 0.05) is 18.5 Å². The smallest absolute Gasteiger partial charge is 0.251 e. The molecule has 1 N–H and O–H groups in total. The molecule has 146 valence electrons. The van der Waals surface area contributed by atoms with E-state index in [1.165, 1.54) is 11.1 Å². The molecule has 4 heteroatoms. The molecule has 0 aliphatic rings. The number of hydrogen-bond donors (Lipinski definition) is 1. The van der Waals surface area contributed by atoms with Gasteiger partial charge in [0.2, 0.25) is 0 Å². The van der Waals surface area contributed by atoms with Gasteiger partial charge in [0.25, 0.3) is 5.91 Å². The Bertz CT molecular complexity index is 1100. The average molecular weight is 384 g/mol. The number of nitrogens with zero attached hydrogens (tertiary/aromatic N) is 1. The van der Waals surface area contributed by atoms with E-state index in [-0.39, 0.29) is 5.91 Å². The lowest BCUT2D eigenvalue weighted by molar-refractivity contribution is 0.0951. The molecule has 0 unspecified atom stereocenters. The Kier molecular flexibility index (Phi) is 5.71. The first-order valence-corrected chi connectivity index (χ1v) is 10.0. The molecule has 0 radical (unpaired) electrons. The number of aryl methyl sites for hydroxylation is 3. The maximum absolute atomic E-state index is 12.5. The summed E-state index contributed by atoms with van der Waals surface area (Å²) >= 11 is 0. The maximum Gasteiger partial charge on any atom is 0.251 e. The normalized spacial score (nSPS) is 10.9. The predicted octanol–water partition coefficient (Wildman–Crippen LogP) is 5.11. The topological polar surface area (TPSA) is 55.1 Å². The van der Waals surface area contributed by atoms with Crippen molar-refractivity contribution >= 4 is 17.0 Å². The van der Waals surface area contributed by atoms with Gasteiger partial charge in [0.15, 0.2) is 11.5 Å². The molecule has 0 bridgehead atoms. The number of hydrogen-bond acceptors (Lipinski definition) is 3. The van der Waals surface area contributed by atoms with Crippen LogP contribution in [0.3, 0.4) is 0 Å². The molecule has 0 spiro atoms. The Morgan fingerprint density at radius 1 is 0.897 bits per heavy atom. The zero-order chi connectivity index (χ0) is 20.1. The molecule has 0 aliphatic heterocycles. The number of benzene rings is 3. The summed E-state index contributed by atoms with van der Waals surface area (Å²) in [4.78, 5) is 17.1. The zero-order valence-electron chi connectivity index (χ0n) is 16.5. The van der Waals surface area contributed by atoms with Crippen LogP contribution < -0.4 is 5.32 Å². The Morgan fingerprint density at radius 3 is 2.41 bits per heavy atom. The number of aromatic nitrogens is 1. The average Bonchev–Trinajstić information content (AvgIpc) is 3.19. The van der Waals surface area contributed by atoms with Crippen LogP contribution in [0.25, 0.3) is 11.1 Å². The molecule has 1 heterocycles. The van der Waals surface area contributed by atoms with Crippen LogP contribution in [0.5, 0.6) is 0 Å². The van der Waals surface area contributed by atoms with E-state index in [1.807, 2.05) is 24.3 Å². The third kappa shape index (κ3) is 4.72. The van der Waals surface area contributed by atoms with E-state index >= 15 is 0 Å². The van der Waals surface area contributed by atoms with Crippen molar-refractivity contribution in [1.29, 1.82) is 0 Å². The van der Waals surface area contributed by atoms with Crippen molar-refractivity contribution in [3.63, 3.8) is 0 Å². The van der Waals surface area contributed by atoms with Gasteiger partial charge in [-0.05, 0) is 47.7 Å². The first kappa shape index (κ1) is 18.9. The van der Waals surface area contributed by atoms with Crippen LogP contribution in [-0.2, 0) is 25.8 Å². The molecule has 1 aromatic heterocycles. The van der Waals surface area contributed by atoms with Crippen molar-refractivity contribution in [3.8, 4) is 0 Å². The van der Waals surface area contributed by atoms with Crippen molar-refractivity contribution in [1.82, 2.24) is 10.3 Å². The summed E-state index contributed by atoms with van der Waals surface area (Å²) in [5.41, 5.74) is 5.63. The third-order valence-corrected chi connectivity index (χ3v) is 5.05. The molecule has 0 aliphatic carbocycles. The minimum absolute atomic E-state index is 0.117. The first-order chi connectivity index (χ1) is 14.2. The van der Waals surface area contributed by atoms with Crippen molar-refractivity contribution in [2.45, 2.75) is 32.7 Å². The fraction of sp³-hybridized carbons (Fsp3) is 0.200. The summed E-state index contributed by atoms with van der Waals surface area (Å²) in [6.45, 7) is 2.63. The Hall–Kier alpha value is -3.40. The van der Waals surface area contributed by atoms with Crippen LogP contribution in [-0.4, -0.2) is 10.9 Å². The highest BCUT2D eigenvalue weighted by atomic mass is 16.3. The van der Waals surface area contributed by atoms with Crippen molar-refractivity contribution < 1.29 is 9.21 Å². The molecular weight excluding hydrogens is 360 g/mol. The van der Waals surface area contributed by atoms with Crippen LogP contribution >= 0.6 is 0 Å². The second-order valence-corrected chi connectivity index (χ2v) is 7.13. The predicted molar refractivity (Wildman–Crippen MR) is 115 cm³/mol. The van der Waals surface area contributed by atoms with Crippen molar-refractivity contribution in [2.75, 3.05) is 0 Å². The number of oxazole rings is 1. The third-order valence-electron chi connectivity index (χ3n) is 5.05. The number of carbonyl (C=O) groups excluding carboxylic acids is 1. The fourth-order valence-corrected chi connectivity index (χ4v) is 3.29. The van der Waals surface area contributed by atoms with E-state index in [0.29, 0.717) is 23.6 Å². The largest absolute Gasteiger partial charge is 0.441 e. The van der Waals surface area contributed by atoms with E-state index in [4.69, 9.17) is 4.42 Å². The fourth-order valence-electron chi connectivity index (χ4n) is 3.29. The molecule has 0 saturated carbocycles. The van der Waals surface area contributed by atoms with Gasteiger partial charge in [-0.2, -0.15) is 0 Å². The van der Waals surface area contributed by atoms with Crippen LogP contribution in [0.2, 0.25) is 0 Å². The summed E-state index contributed by atoms with van der Waals surface area (Å²) < 4.78 is 5.88. The van der Waals surface area contributed by atoms with Gasteiger partial charge in [-0.1, -0.05) is 61.5 Å². The zero-order valence-corrected chi connectivity index (χ0v) is 16.5. The highest BCUT2D eigenvalue weighted by Crippen LogP contribution is 2.19. The second-order valence-electron chi connectivity index (χ2n) is 7.13. The van der Waals surface area contributed by atoms with E-state index in [2.05, 4.69) is 53.6 Å². The van der Waals surface area contributed by atoms with Crippen LogP contribution in [0, 0.1) is 0 Å². The summed E-state index contributed by atoms with van der Waals surface area (Å²) in [6.07, 6.45) is 2.61. The summed E-state index contributed by atoms with van der Waals surface area (Å²) in [6, 6.07) is 24.0.